The Morgan fingerprint density at radius 3 is 2.86 bits per heavy atom. The highest BCUT2D eigenvalue weighted by Crippen LogP contribution is 2.22. The van der Waals surface area contributed by atoms with Gasteiger partial charge >= 0.3 is 5.97 Å². The van der Waals surface area contributed by atoms with Crippen molar-refractivity contribution in [2.45, 2.75) is 38.8 Å². The molecule has 0 saturated heterocycles. The molecule has 3 rings (SSSR count). The maximum atomic E-state index is 10.9. The van der Waals surface area contributed by atoms with Gasteiger partial charge in [0, 0.05) is 18.2 Å². The van der Waals surface area contributed by atoms with Gasteiger partial charge < -0.3 is 14.8 Å². The molecular formula is C17H19NO3. The lowest BCUT2D eigenvalue weighted by Crippen LogP contribution is -2.34. The van der Waals surface area contributed by atoms with Crippen LogP contribution in [-0.4, -0.2) is 17.1 Å². The van der Waals surface area contributed by atoms with Crippen molar-refractivity contribution >= 4 is 5.97 Å². The van der Waals surface area contributed by atoms with Gasteiger partial charge in [-0.3, -0.25) is 0 Å². The second kappa shape index (κ2) is 5.74. The van der Waals surface area contributed by atoms with Gasteiger partial charge in [-0.15, -0.1) is 0 Å². The standard InChI is InChI=1S/C17H19NO3/c1-11-14(9-16(21-11)17(19)20)10-18-15-7-6-12-4-2-3-5-13(12)8-15/h2-5,9,15,18H,6-8,10H2,1H3,(H,19,20). The van der Waals surface area contributed by atoms with E-state index in [1.165, 1.54) is 11.1 Å². The van der Waals surface area contributed by atoms with Gasteiger partial charge in [-0.25, -0.2) is 4.79 Å². The van der Waals surface area contributed by atoms with Gasteiger partial charge in [0.25, 0.3) is 0 Å². The van der Waals surface area contributed by atoms with Gasteiger partial charge in [-0.1, -0.05) is 24.3 Å². The summed E-state index contributed by atoms with van der Waals surface area (Å²) < 4.78 is 5.23. The van der Waals surface area contributed by atoms with Crippen LogP contribution in [0.3, 0.4) is 0 Å². The monoisotopic (exact) mass is 285 g/mol. The van der Waals surface area contributed by atoms with E-state index in [0.29, 0.717) is 18.3 Å². The number of nitrogens with one attached hydrogen (secondary N) is 1. The van der Waals surface area contributed by atoms with Crippen LogP contribution in [0.2, 0.25) is 0 Å². The minimum absolute atomic E-state index is 0.0123. The first-order valence-corrected chi connectivity index (χ1v) is 7.26. The van der Waals surface area contributed by atoms with Crippen LogP contribution in [0.4, 0.5) is 0 Å². The molecule has 0 spiro atoms. The Bertz CT molecular complexity index is 660. The van der Waals surface area contributed by atoms with E-state index in [-0.39, 0.29) is 5.76 Å². The smallest absolute Gasteiger partial charge is 0.371 e. The molecule has 0 aliphatic heterocycles. The largest absolute Gasteiger partial charge is 0.475 e. The van der Waals surface area contributed by atoms with E-state index in [4.69, 9.17) is 9.52 Å². The highest BCUT2D eigenvalue weighted by atomic mass is 16.4. The number of fused-ring (bicyclic) bond motifs is 1. The van der Waals surface area contributed by atoms with Crippen LogP contribution in [0.1, 0.15) is 39.4 Å². The van der Waals surface area contributed by atoms with Gasteiger partial charge in [-0.2, -0.15) is 0 Å². The second-order valence-electron chi connectivity index (χ2n) is 5.59. The fourth-order valence-corrected chi connectivity index (χ4v) is 2.93. The molecule has 1 aliphatic carbocycles. The van der Waals surface area contributed by atoms with Crippen LogP contribution in [0, 0.1) is 6.92 Å². The van der Waals surface area contributed by atoms with Crippen molar-refractivity contribution < 1.29 is 14.3 Å². The number of hydrogen-bond donors (Lipinski definition) is 2. The van der Waals surface area contributed by atoms with E-state index < -0.39 is 5.97 Å². The molecule has 21 heavy (non-hydrogen) atoms. The van der Waals surface area contributed by atoms with Crippen molar-refractivity contribution in [2.24, 2.45) is 0 Å². The zero-order valence-electron chi connectivity index (χ0n) is 12.1. The quantitative estimate of drug-likeness (QED) is 0.906. The number of rotatable bonds is 4. The van der Waals surface area contributed by atoms with E-state index in [0.717, 1.165) is 24.8 Å². The van der Waals surface area contributed by atoms with Crippen molar-refractivity contribution in [3.8, 4) is 0 Å². The molecule has 0 bridgehead atoms. The zero-order chi connectivity index (χ0) is 14.8. The molecule has 2 aromatic rings. The number of benzene rings is 1. The third-order valence-electron chi connectivity index (χ3n) is 4.16. The summed E-state index contributed by atoms with van der Waals surface area (Å²) >= 11 is 0. The minimum atomic E-state index is -1.02. The van der Waals surface area contributed by atoms with E-state index in [1.807, 2.05) is 0 Å². The minimum Gasteiger partial charge on any atom is -0.475 e. The Labute approximate surface area is 123 Å². The summed E-state index contributed by atoms with van der Waals surface area (Å²) in [6, 6.07) is 10.6. The molecule has 1 aromatic carbocycles. The lowest BCUT2D eigenvalue weighted by molar-refractivity contribution is 0.0661. The lowest BCUT2D eigenvalue weighted by atomic mass is 9.88. The summed E-state index contributed by atoms with van der Waals surface area (Å²) in [6.07, 6.45) is 3.23. The van der Waals surface area contributed by atoms with Crippen molar-refractivity contribution in [1.29, 1.82) is 0 Å². The highest BCUT2D eigenvalue weighted by molar-refractivity contribution is 5.84. The number of carboxylic acids is 1. The third-order valence-corrected chi connectivity index (χ3v) is 4.16. The summed E-state index contributed by atoms with van der Waals surface area (Å²) in [5.74, 6) is -0.328. The van der Waals surface area contributed by atoms with Gasteiger partial charge in [0.1, 0.15) is 5.76 Å². The van der Waals surface area contributed by atoms with Gasteiger partial charge in [0.15, 0.2) is 0 Å². The molecule has 0 radical (unpaired) electrons. The average Bonchev–Trinajstić information content (AvgIpc) is 2.86. The molecular weight excluding hydrogens is 266 g/mol. The number of hydrogen-bond acceptors (Lipinski definition) is 3. The van der Waals surface area contributed by atoms with E-state index in [1.54, 1.807) is 13.0 Å². The van der Waals surface area contributed by atoms with Crippen LogP contribution in [-0.2, 0) is 19.4 Å². The molecule has 1 aliphatic rings. The fraction of sp³-hybridized carbons (Fsp3) is 0.353. The van der Waals surface area contributed by atoms with Crippen LogP contribution in [0.15, 0.2) is 34.7 Å². The van der Waals surface area contributed by atoms with E-state index in [9.17, 15) is 4.79 Å². The molecule has 4 nitrogen and oxygen atoms in total. The molecule has 0 fully saturated rings. The number of furan rings is 1. The van der Waals surface area contributed by atoms with E-state index in [2.05, 4.69) is 29.6 Å². The lowest BCUT2D eigenvalue weighted by Gasteiger charge is -2.25. The summed E-state index contributed by atoms with van der Waals surface area (Å²) in [5.41, 5.74) is 3.78. The van der Waals surface area contributed by atoms with Crippen LogP contribution < -0.4 is 5.32 Å². The van der Waals surface area contributed by atoms with Gasteiger partial charge in [-0.05, 0) is 43.4 Å². The van der Waals surface area contributed by atoms with Crippen LogP contribution in [0.5, 0.6) is 0 Å². The van der Waals surface area contributed by atoms with Crippen molar-refractivity contribution in [2.75, 3.05) is 0 Å². The summed E-state index contributed by atoms with van der Waals surface area (Å²) in [7, 11) is 0. The Kier molecular flexibility index (Phi) is 3.80. The number of carboxylic acid groups (broad SMARTS) is 1. The molecule has 4 heteroatoms. The van der Waals surface area contributed by atoms with Crippen molar-refractivity contribution in [3.63, 3.8) is 0 Å². The van der Waals surface area contributed by atoms with Crippen molar-refractivity contribution in [3.05, 3.63) is 58.5 Å². The van der Waals surface area contributed by atoms with Crippen LogP contribution in [0.25, 0.3) is 0 Å². The SMILES string of the molecule is Cc1oc(C(=O)O)cc1CNC1CCc2ccccc2C1. The van der Waals surface area contributed by atoms with Gasteiger partial charge in [0.2, 0.25) is 5.76 Å². The molecule has 110 valence electrons. The first kappa shape index (κ1) is 13.9. The molecule has 2 N–H and O–H groups in total. The Morgan fingerprint density at radius 2 is 2.14 bits per heavy atom. The fourth-order valence-electron chi connectivity index (χ4n) is 2.93. The maximum absolute atomic E-state index is 10.9. The molecule has 1 atom stereocenters. The first-order valence-electron chi connectivity index (χ1n) is 7.26. The predicted octanol–water partition coefficient (Wildman–Crippen LogP) is 2.93. The zero-order valence-corrected chi connectivity index (χ0v) is 12.1. The first-order chi connectivity index (χ1) is 10.1. The summed E-state index contributed by atoms with van der Waals surface area (Å²) in [5, 5.41) is 12.5. The molecule has 0 amide bonds. The molecule has 0 saturated carbocycles. The Morgan fingerprint density at radius 1 is 1.38 bits per heavy atom. The summed E-state index contributed by atoms with van der Waals surface area (Å²) in [6.45, 7) is 2.45. The molecule has 1 heterocycles. The second-order valence-corrected chi connectivity index (χ2v) is 5.59. The molecule has 1 unspecified atom stereocenters. The third kappa shape index (κ3) is 3.00. The topological polar surface area (TPSA) is 62.5 Å². The highest BCUT2D eigenvalue weighted by Gasteiger charge is 2.19. The van der Waals surface area contributed by atoms with E-state index >= 15 is 0 Å². The number of aromatic carboxylic acids is 1. The van der Waals surface area contributed by atoms with Crippen LogP contribution >= 0.6 is 0 Å². The van der Waals surface area contributed by atoms with Gasteiger partial charge in [0.05, 0.1) is 0 Å². The predicted molar refractivity (Wildman–Crippen MR) is 79.5 cm³/mol. The Balaban J connectivity index is 1.63. The maximum Gasteiger partial charge on any atom is 0.371 e. The average molecular weight is 285 g/mol. The summed E-state index contributed by atoms with van der Waals surface area (Å²) in [4.78, 5) is 10.9. The van der Waals surface area contributed by atoms with Crippen molar-refractivity contribution in [1.82, 2.24) is 5.32 Å². The normalized spacial score (nSPS) is 17.5. The molecule has 1 aromatic heterocycles. The number of aryl methyl sites for hydroxylation is 2. The number of carbonyl (C=O) groups is 1. The Hall–Kier alpha value is -2.07.